The fourth-order valence-electron chi connectivity index (χ4n) is 2.77. The maximum Gasteiger partial charge on any atom is 0.278 e. The van der Waals surface area contributed by atoms with Gasteiger partial charge in [-0.15, -0.1) is 0 Å². The average Bonchev–Trinajstić information content (AvgIpc) is 3.21. The summed E-state index contributed by atoms with van der Waals surface area (Å²) in [6, 6.07) is 18.8. The standard InChI is InChI=1S/C20H15N3O2/c1-25-15-9-7-14(8-10-15)19-13-17(20(24)23-12-4-11-21-23)16-5-2-3-6-18(16)22-19/h2-13H,1H3. The molecule has 0 unspecified atom stereocenters. The molecule has 0 atom stereocenters. The molecule has 2 aromatic heterocycles. The molecule has 0 aliphatic rings. The summed E-state index contributed by atoms with van der Waals surface area (Å²) in [5.74, 6) is 0.593. The van der Waals surface area contributed by atoms with Gasteiger partial charge >= 0.3 is 0 Å². The van der Waals surface area contributed by atoms with E-state index in [1.807, 2.05) is 54.6 Å². The van der Waals surface area contributed by atoms with Gasteiger partial charge in [-0.05, 0) is 42.5 Å². The lowest BCUT2D eigenvalue weighted by Gasteiger charge is -2.09. The van der Waals surface area contributed by atoms with E-state index in [-0.39, 0.29) is 5.91 Å². The topological polar surface area (TPSA) is 57.0 Å². The van der Waals surface area contributed by atoms with Crippen LogP contribution < -0.4 is 4.74 Å². The minimum absolute atomic E-state index is 0.182. The van der Waals surface area contributed by atoms with Gasteiger partial charge in [0.25, 0.3) is 5.91 Å². The first-order valence-corrected chi connectivity index (χ1v) is 7.85. The molecule has 0 amide bonds. The lowest BCUT2D eigenvalue weighted by molar-refractivity contribution is 0.0946. The first-order chi connectivity index (χ1) is 12.3. The van der Waals surface area contributed by atoms with Gasteiger partial charge in [-0.1, -0.05) is 18.2 Å². The van der Waals surface area contributed by atoms with Gasteiger partial charge in [0.05, 0.1) is 23.9 Å². The van der Waals surface area contributed by atoms with Crippen LogP contribution in [0, 0.1) is 0 Å². The molecule has 5 heteroatoms. The molecule has 0 bridgehead atoms. The van der Waals surface area contributed by atoms with Crippen LogP contribution in [0.15, 0.2) is 73.1 Å². The van der Waals surface area contributed by atoms with Gasteiger partial charge in [0, 0.05) is 23.3 Å². The van der Waals surface area contributed by atoms with Crippen molar-refractivity contribution in [3.05, 3.63) is 78.6 Å². The summed E-state index contributed by atoms with van der Waals surface area (Å²) in [6.07, 6.45) is 3.23. The highest BCUT2D eigenvalue weighted by Crippen LogP contribution is 2.26. The normalized spacial score (nSPS) is 10.8. The van der Waals surface area contributed by atoms with Gasteiger partial charge < -0.3 is 4.74 Å². The van der Waals surface area contributed by atoms with E-state index < -0.39 is 0 Å². The molecule has 0 radical (unpaired) electrons. The highest BCUT2D eigenvalue weighted by molar-refractivity contribution is 6.07. The number of carbonyl (C=O) groups is 1. The Morgan fingerprint density at radius 2 is 1.84 bits per heavy atom. The fraction of sp³-hybridized carbons (Fsp3) is 0.0500. The predicted molar refractivity (Wildman–Crippen MR) is 95.7 cm³/mol. The number of hydrogen-bond donors (Lipinski definition) is 0. The number of nitrogens with zero attached hydrogens (tertiary/aromatic N) is 3. The third kappa shape index (κ3) is 2.76. The molecule has 2 aromatic carbocycles. The number of para-hydroxylation sites is 1. The van der Waals surface area contributed by atoms with Crippen molar-refractivity contribution in [1.82, 2.24) is 14.8 Å². The van der Waals surface area contributed by atoms with E-state index in [0.29, 0.717) is 5.56 Å². The fourth-order valence-corrected chi connectivity index (χ4v) is 2.77. The number of hydrogen-bond acceptors (Lipinski definition) is 4. The van der Waals surface area contributed by atoms with Crippen molar-refractivity contribution in [3.63, 3.8) is 0 Å². The van der Waals surface area contributed by atoms with Crippen LogP contribution in [0.2, 0.25) is 0 Å². The van der Waals surface area contributed by atoms with Crippen LogP contribution in [-0.4, -0.2) is 27.8 Å². The van der Waals surface area contributed by atoms with Crippen LogP contribution in [0.5, 0.6) is 5.75 Å². The third-order valence-corrected chi connectivity index (χ3v) is 4.04. The Bertz CT molecular complexity index is 1040. The zero-order valence-corrected chi connectivity index (χ0v) is 13.6. The van der Waals surface area contributed by atoms with E-state index in [0.717, 1.165) is 27.9 Å². The Morgan fingerprint density at radius 3 is 2.56 bits per heavy atom. The summed E-state index contributed by atoms with van der Waals surface area (Å²) in [5.41, 5.74) is 2.99. The quantitative estimate of drug-likeness (QED) is 0.574. The lowest BCUT2D eigenvalue weighted by Crippen LogP contribution is -2.13. The number of methoxy groups -OCH3 is 1. The first-order valence-electron chi connectivity index (χ1n) is 7.85. The summed E-state index contributed by atoms with van der Waals surface area (Å²) in [6.45, 7) is 0. The molecular weight excluding hydrogens is 314 g/mol. The molecule has 0 saturated heterocycles. The molecule has 25 heavy (non-hydrogen) atoms. The van der Waals surface area contributed by atoms with Gasteiger partial charge in [0.15, 0.2) is 0 Å². The minimum atomic E-state index is -0.182. The summed E-state index contributed by atoms with van der Waals surface area (Å²) in [5, 5.41) is 4.86. The van der Waals surface area contributed by atoms with E-state index in [2.05, 4.69) is 5.10 Å². The molecule has 0 saturated carbocycles. The molecule has 0 spiro atoms. The molecule has 122 valence electrons. The monoisotopic (exact) mass is 329 g/mol. The maximum absolute atomic E-state index is 12.9. The van der Waals surface area contributed by atoms with Crippen LogP contribution in [0.3, 0.4) is 0 Å². The first kappa shape index (κ1) is 15.1. The van der Waals surface area contributed by atoms with Gasteiger partial charge in [-0.25, -0.2) is 9.67 Å². The van der Waals surface area contributed by atoms with Crippen molar-refractivity contribution in [2.75, 3.05) is 7.11 Å². The number of rotatable bonds is 3. The highest BCUT2D eigenvalue weighted by atomic mass is 16.5. The van der Waals surface area contributed by atoms with Crippen molar-refractivity contribution >= 4 is 16.8 Å². The molecule has 2 heterocycles. The van der Waals surface area contributed by atoms with Crippen LogP contribution >= 0.6 is 0 Å². The average molecular weight is 329 g/mol. The Morgan fingerprint density at radius 1 is 1.04 bits per heavy atom. The van der Waals surface area contributed by atoms with Crippen molar-refractivity contribution in [1.29, 1.82) is 0 Å². The summed E-state index contributed by atoms with van der Waals surface area (Å²) in [4.78, 5) is 17.6. The summed E-state index contributed by atoms with van der Waals surface area (Å²) < 4.78 is 6.53. The van der Waals surface area contributed by atoms with Gasteiger partial charge in [0.1, 0.15) is 5.75 Å². The second-order valence-corrected chi connectivity index (χ2v) is 5.56. The Labute approximate surface area is 144 Å². The molecule has 4 rings (SSSR count). The zero-order chi connectivity index (χ0) is 17.2. The largest absolute Gasteiger partial charge is 0.497 e. The predicted octanol–water partition coefficient (Wildman–Crippen LogP) is 3.80. The van der Waals surface area contributed by atoms with E-state index >= 15 is 0 Å². The molecule has 0 aliphatic heterocycles. The number of aromatic nitrogens is 3. The minimum Gasteiger partial charge on any atom is -0.497 e. The summed E-state index contributed by atoms with van der Waals surface area (Å²) in [7, 11) is 1.63. The number of carbonyl (C=O) groups excluding carboxylic acids is 1. The van der Waals surface area contributed by atoms with Gasteiger partial charge in [-0.3, -0.25) is 4.79 Å². The lowest BCUT2D eigenvalue weighted by atomic mass is 10.0. The molecule has 0 N–H and O–H groups in total. The van der Waals surface area contributed by atoms with E-state index in [9.17, 15) is 4.79 Å². The van der Waals surface area contributed by atoms with Gasteiger partial charge in [-0.2, -0.15) is 5.10 Å². The van der Waals surface area contributed by atoms with Crippen molar-refractivity contribution < 1.29 is 9.53 Å². The molecule has 4 aromatic rings. The van der Waals surface area contributed by atoms with Crippen LogP contribution in [-0.2, 0) is 0 Å². The van der Waals surface area contributed by atoms with E-state index in [1.54, 1.807) is 25.6 Å². The van der Waals surface area contributed by atoms with Crippen molar-refractivity contribution in [2.45, 2.75) is 0 Å². The van der Waals surface area contributed by atoms with Crippen LogP contribution in [0.1, 0.15) is 10.4 Å². The zero-order valence-electron chi connectivity index (χ0n) is 13.6. The highest BCUT2D eigenvalue weighted by Gasteiger charge is 2.15. The maximum atomic E-state index is 12.9. The Hall–Kier alpha value is -3.47. The second kappa shape index (κ2) is 6.20. The van der Waals surface area contributed by atoms with E-state index in [1.165, 1.54) is 4.68 Å². The third-order valence-electron chi connectivity index (χ3n) is 4.04. The molecule has 0 aliphatic carbocycles. The SMILES string of the molecule is COc1ccc(-c2cc(C(=O)n3cccn3)c3ccccc3n2)cc1. The Kier molecular flexibility index (Phi) is 3.74. The number of pyridine rings is 1. The number of benzene rings is 2. The van der Waals surface area contributed by atoms with Crippen LogP contribution in [0.4, 0.5) is 0 Å². The van der Waals surface area contributed by atoms with Crippen LogP contribution in [0.25, 0.3) is 22.2 Å². The molecule has 0 fully saturated rings. The number of fused-ring (bicyclic) bond motifs is 1. The van der Waals surface area contributed by atoms with Gasteiger partial charge in [0.2, 0.25) is 0 Å². The van der Waals surface area contributed by atoms with Crippen molar-refractivity contribution in [2.24, 2.45) is 0 Å². The number of ether oxygens (including phenoxy) is 1. The summed E-state index contributed by atoms with van der Waals surface area (Å²) >= 11 is 0. The van der Waals surface area contributed by atoms with Crippen molar-refractivity contribution in [3.8, 4) is 17.0 Å². The molecular formula is C20H15N3O2. The second-order valence-electron chi connectivity index (χ2n) is 5.56. The Balaban J connectivity index is 1.90. The van der Waals surface area contributed by atoms with E-state index in [4.69, 9.17) is 9.72 Å². The smallest absolute Gasteiger partial charge is 0.278 e. The molecule has 5 nitrogen and oxygen atoms in total.